The molecule has 0 spiro atoms. The normalized spacial score (nSPS) is 9.56. The minimum absolute atomic E-state index is 0. The van der Waals surface area contributed by atoms with Crippen molar-refractivity contribution in [1.29, 1.82) is 0 Å². The predicted molar refractivity (Wildman–Crippen MR) is 74.5 cm³/mol. The van der Waals surface area contributed by atoms with Gasteiger partial charge in [0.05, 0.1) is 0 Å². The van der Waals surface area contributed by atoms with E-state index >= 15 is 0 Å². The first-order valence-corrected chi connectivity index (χ1v) is 5.76. The number of nitrogens with one attached hydrogen (secondary N) is 1. The van der Waals surface area contributed by atoms with Gasteiger partial charge in [0.2, 0.25) is 0 Å². The molecule has 0 bridgehead atoms. The molecule has 0 atom stereocenters. The van der Waals surface area contributed by atoms with Crippen LogP contribution in [0.3, 0.4) is 0 Å². The van der Waals surface area contributed by atoms with Crippen molar-refractivity contribution in [2.75, 3.05) is 11.1 Å². The highest BCUT2D eigenvalue weighted by atomic mass is 35.5. The van der Waals surface area contributed by atoms with Crippen molar-refractivity contribution < 1.29 is 0 Å². The maximum Gasteiger partial charge on any atom is 0.0494 e. The summed E-state index contributed by atoms with van der Waals surface area (Å²) in [6, 6.07) is 10.1. The van der Waals surface area contributed by atoms with E-state index in [1.165, 1.54) is 10.4 Å². The lowest BCUT2D eigenvalue weighted by molar-refractivity contribution is 1.18. The summed E-state index contributed by atoms with van der Waals surface area (Å²) in [6.45, 7) is 2.94. The maximum absolute atomic E-state index is 5.69. The predicted octanol–water partition coefficient (Wildman–Crippen LogP) is 3.67. The molecule has 0 saturated carbocycles. The molecule has 86 valence electrons. The van der Waals surface area contributed by atoms with E-state index in [0.717, 1.165) is 17.9 Å². The fourth-order valence-electron chi connectivity index (χ4n) is 1.48. The van der Waals surface area contributed by atoms with E-state index in [1.807, 2.05) is 18.2 Å². The Balaban J connectivity index is 0.00000128. The quantitative estimate of drug-likeness (QED) is 0.821. The Morgan fingerprint density at radius 2 is 2.12 bits per heavy atom. The van der Waals surface area contributed by atoms with Crippen LogP contribution in [0.2, 0.25) is 0 Å². The Labute approximate surface area is 106 Å². The molecule has 2 nitrogen and oxygen atoms in total. The van der Waals surface area contributed by atoms with Gasteiger partial charge in [-0.25, -0.2) is 0 Å². The van der Waals surface area contributed by atoms with Crippen molar-refractivity contribution in [3.63, 3.8) is 0 Å². The summed E-state index contributed by atoms with van der Waals surface area (Å²) < 4.78 is 0. The van der Waals surface area contributed by atoms with E-state index in [4.69, 9.17) is 5.73 Å². The summed E-state index contributed by atoms with van der Waals surface area (Å²) in [5, 5.41) is 5.49. The standard InChI is InChI=1S/C12H14N2S.ClH/c1-9-7-10(13)4-5-12(9)14-8-11-3-2-6-15-11;/h2-7,14H,8,13H2,1H3;1H. The number of hydrogen-bond donors (Lipinski definition) is 2. The number of nitrogens with two attached hydrogens (primary N) is 1. The van der Waals surface area contributed by atoms with Gasteiger partial charge in [-0.05, 0) is 42.1 Å². The van der Waals surface area contributed by atoms with Gasteiger partial charge < -0.3 is 11.1 Å². The first-order valence-electron chi connectivity index (χ1n) is 4.88. The molecule has 16 heavy (non-hydrogen) atoms. The summed E-state index contributed by atoms with van der Waals surface area (Å²) in [4.78, 5) is 1.34. The van der Waals surface area contributed by atoms with E-state index in [-0.39, 0.29) is 12.4 Å². The van der Waals surface area contributed by atoms with Crippen LogP contribution in [0.25, 0.3) is 0 Å². The van der Waals surface area contributed by atoms with Crippen LogP contribution in [0, 0.1) is 6.92 Å². The highest BCUT2D eigenvalue weighted by Crippen LogP contribution is 2.19. The number of halogens is 1. The molecule has 4 heteroatoms. The summed E-state index contributed by atoms with van der Waals surface area (Å²) in [7, 11) is 0. The smallest absolute Gasteiger partial charge is 0.0494 e. The summed E-state index contributed by atoms with van der Waals surface area (Å²) >= 11 is 1.76. The number of rotatable bonds is 3. The molecule has 0 fully saturated rings. The van der Waals surface area contributed by atoms with Crippen LogP contribution in [0.15, 0.2) is 35.7 Å². The van der Waals surface area contributed by atoms with Crippen LogP contribution in [0.4, 0.5) is 11.4 Å². The molecule has 0 unspecified atom stereocenters. The fraction of sp³-hybridized carbons (Fsp3) is 0.167. The lowest BCUT2D eigenvalue weighted by Gasteiger charge is -2.08. The minimum atomic E-state index is 0. The molecule has 0 amide bonds. The van der Waals surface area contributed by atoms with Crippen LogP contribution >= 0.6 is 23.7 Å². The number of thiophene rings is 1. The van der Waals surface area contributed by atoms with Gasteiger partial charge in [0, 0.05) is 22.8 Å². The topological polar surface area (TPSA) is 38.0 Å². The molecular weight excluding hydrogens is 240 g/mol. The summed E-state index contributed by atoms with van der Waals surface area (Å²) in [5.41, 5.74) is 8.84. The van der Waals surface area contributed by atoms with Crippen molar-refractivity contribution >= 4 is 35.1 Å². The number of benzene rings is 1. The zero-order valence-electron chi connectivity index (χ0n) is 9.07. The van der Waals surface area contributed by atoms with Crippen LogP contribution in [-0.4, -0.2) is 0 Å². The van der Waals surface area contributed by atoms with Gasteiger partial charge in [-0.15, -0.1) is 23.7 Å². The molecule has 0 saturated heterocycles. The fourth-order valence-corrected chi connectivity index (χ4v) is 2.13. The second-order valence-corrected chi connectivity index (χ2v) is 4.54. The van der Waals surface area contributed by atoms with Gasteiger partial charge in [-0.1, -0.05) is 6.07 Å². The molecule has 0 radical (unpaired) electrons. The van der Waals surface area contributed by atoms with Gasteiger partial charge in [0.1, 0.15) is 0 Å². The Hall–Kier alpha value is -1.19. The van der Waals surface area contributed by atoms with Crippen molar-refractivity contribution in [3.05, 3.63) is 46.2 Å². The molecule has 0 aliphatic rings. The largest absolute Gasteiger partial charge is 0.399 e. The van der Waals surface area contributed by atoms with E-state index in [1.54, 1.807) is 11.3 Å². The second-order valence-electron chi connectivity index (χ2n) is 3.51. The molecular formula is C12H15ClN2S. The minimum Gasteiger partial charge on any atom is -0.399 e. The van der Waals surface area contributed by atoms with Crippen molar-refractivity contribution in [3.8, 4) is 0 Å². The van der Waals surface area contributed by atoms with Gasteiger partial charge in [-0.2, -0.15) is 0 Å². The Bertz CT molecular complexity index is 440. The number of nitrogen functional groups attached to an aromatic ring is 1. The number of anilines is 2. The lowest BCUT2D eigenvalue weighted by atomic mass is 10.2. The molecule has 2 aromatic rings. The molecule has 1 heterocycles. The third-order valence-electron chi connectivity index (χ3n) is 2.28. The van der Waals surface area contributed by atoms with Crippen LogP contribution in [-0.2, 0) is 6.54 Å². The van der Waals surface area contributed by atoms with Crippen LogP contribution < -0.4 is 11.1 Å². The van der Waals surface area contributed by atoms with Gasteiger partial charge in [-0.3, -0.25) is 0 Å². The number of hydrogen-bond acceptors (Lipinski definition) is 3. The molecule has 0 aliphatic carbocycles. The van der Waals surface area contributed by atoms with E-state index < -0.39 is 0 Å². The van der Waals surface area contributed by atoms with Crippen molar-refractivity contribution in [1.82, 2.24) is 0 Å². The molecule has 0 aliphatic heterocycles. The third-order valence-corrected chi connectivity index (χ3v) is 3.16. The maximum atomic E-state index is 5.69. The SMILES string of the molecule is Cc1cc(N)ccc1NCc1cccs1.Cl. The number of aryl methyl sites for hydroxylation is 1. The summed E-state index contributed by atoms with van der Waals surface area (Å²) in [5.74, 6) is 0. The molecule has 3 N–H and O–H groups in total. The van der Waals surface area contributed by atoms with Gasteiger partial charge >= 0.3 is 0 Å². The first kappa shape index (κ1) is 12.9. The highest BCUT2D eigenvalue weighted by molar-refractivity contribution is 7.09. The third kappa shape index (κ3) is 3.15. The van der Waals surface area contributed by atoms with Crippen LogP contribution in [0.5, 0.6) is 0 Å². The van der Waals surface area contributed by atoms with Gasteiger partial charge in [0.25, 0.3) is 0 Å². The summed E-state index contributed by atoms with van der Waals surface area (Å²) in [6.07, 6.45) is 0. The monoisotopic (exact) mass is 254 g/mol. The highest BCUT2D eigenvalue weighted by Gasteiger charge is 1.98. The van der Waals surface area contributed by atoms with Gasteiger partial charge in [0.15, 0.2) is 0 Å². The Morgan fingerprint density at radius 1 is 1.31 bits per heavy atom. The zero-order chi connectivity index (χ0) is 10.7. The van der Waals surface area contributed by atoms with Crippen molar-refractivity contribution in [2.24, 2.45) is 0 Å². The Morgan fingerprint density at radius 3 is 2.75 bits per heavy atom. The Kier molecular flexibility index (Phi) is 4.65. The van der Waals surface area contributed by atoms with Crippen molar-refractivity contribution in [2.45, 2.75) is 13.5 Å². The second kappa shape index (κ2) is 5.77. The van der Waals surface area contributed by atoms with Crippen LogP contribution in [0.1, 0.15) is 10.4 Å². The van der Waals surface area contributed by atoms with E-state index in [9.17, 15) is 0 Å². The average Bonchev–Trinajstić information content (AvgIpc) is 2.69. The molecule has 1 aromatic carbocycles. The zero-order valence-corrected chi connectivity index (χ0v) is 10.7. The molecule has 1 aromatic heterocycles. The molecule has 2 rings (SSSR count). The lowest BCUT2D eigenvalue weighted by Crippen LogP contribution is -1.99. The first-order chi connectivity index (χ1) is 7.25. The average molecular weight is 255 g/mol. The van der Waals surface area contributed by atoms with E-state index in [0.29, 0.717) is 0 Å². The van der Waals surface area contributed by atoms with E-state index in [2.05, 4.69) is 29.8 Å².